The van der Waals surface area contributed by atoms with Crippen LogP contribution < -0.4 is 9.62 Å². The number of nitrogens with one attached hydrogen (secondary N) is 1. The van der Waals surface area contributed by atoms with Crippen molar-refractivity contribution in [3.8, 4) is 0 Å². The van der Waals surface area contributed by atoms with Crippen molar-refractivity contribution in [1.82, 2.24) is 10.2 Å². The van der Waals surface area contributed by atoms with E-state index in [1.54, 1.807) is 55.5 Å². The second-order valence-corrected chi connectivity index (χ2v) is 12.3. The lowest BCUT2D eigenvalue weighted by atomic mass is 10.1. The van der Waals surface area contributed by atoms with E-state index in [-0.39, 0.29) is 28.1 Å². The molecule has 1 atom stereocenters. The number of amides is 2. The van der Waals surface area contributed by atoms with Gasteiger partial charge in [0.15, 0.2) is 0 Å². The Morgan fingerprint density at radius 3 is 2.17 bits per heavy atom. The second kappa shape index (κ2) is 14.2. The molecule has 214 valence electrons. The Bertz CT molecular complexity index is 1450. The molecule has 7 nitrogen and oxygen atoms in total. The highest BCUT2D eigenvalue weighted by molar-refractivity contribution is 7.92. The summed E-state index contributed by atoms with van der Waals surface area (Å²) in [7, 11) is -4.21. The van der Waals surface area contributed by atoms with E-state index in [4.69, 9.17) is 34.8 Å². The summed E-state index contributed by atoms with van der Waals surface area (Å²) in [5.74, 6) is -0.913. The summed E-state index contributed by atoms with van der Waals surface area (Å²) in [5, 5.41) is 3.66. The fourth-order valence-electron chi connectivity index (χ4n) is 4.12. The summed E-state index contributed by atoms with van der Waals surface area (Å²) in [6.07, 6.45) is 1.03. The van der Waals surface area contributed by atoms with Crippen LogP contribution in [0, 0.1) is 6.92 Å². The molecule has 3 aromatic rings. The maximum atomic E-state index is 14.0. The van der Waals surface area contributed by atoms with Gasteiger partial charge in [-0.2, -0.15) is 0 Å². The van der Waals surface area contributed by atoms with Gasteiger partial charge in [-0.05, 0) is 61.7 Å². The highest BCUT2D eigenvalue weighted by Crippen LogP contribution is 2.31. The predicted molar refractivity (Wildman–Crippen MR) is 162 cm³/mol. The molecule has 3 aromatic carbocycles. The number of hydrogen-bond donors (Lipinski definition) is 1. The maximum Gasteiger partial charge on any atom is 0.264 e. The number of sulfonamides is 1. The van der Waals surface area contributed by atoms with Gasteiger partial charge in [0.05, 0.1) is 25.7 Å². The number of para-hydroxylation sites is 1. The minimum Gasteiger partial charge on any atom is -0.354 e. The molecule has 0 heterocycles. The summed E-state index contributed by atoms with van der Waals surface area (Å²) in [4.78, 5) is 28.6. The summed E-state index contributed by atoms with van der Waals surface area (Å²) in [6, 6.07) is 16.8. The quantitative estimate of drug-likeness (QED) is 0.250. The van der Waals surface area contributed by atoms with Crippen LogP contribution in [0.1, 0.15) is 37.8 Å². The molecule has 3 rings (SSSR count). The van der Waals surface area contributed by atoms with Gasteiger partial charge in [-0.3, -0.25) is 13.9 Å². The van der Waals surface area contributed by atoms with Gasteiger partial charge in [0.2, 0.25) is 11.8 Å². The summed E-state index contributed by atoms with van der Waals surface area (Å²) in [6.45, 7) is 5.43. The van der Waals surface area contributed by atoms with Crippen molar-refractivity contribution < 1.29 is 18.0 Å². The Hall–Kier alpha value is -2.78. The fourth-order valence-corrected chi connectivity index (χ4v) is 6.17. The normalized spacial score (nSPS) is 12.1. The lowest BCUT2D eigenvalue weighted by Crippen LogP contribution is -2.52. The van der Waals surface area contributed by atoms with Gasteiger partial charge in [-0.15, -0.1) is 0 Å². The van der Waals surface area contributed by atoms with Crippen LogP contribution in [0.15, 0.2) is 71.6 Å². The molecule has 0 unspecified atom stereocenters. The SMILES string of the molecule is CCCNC(=O)[C@@H](CC)N(Cc1ccc(Cl)c(Cl)c1)C(=O)CN(c1ccccc1Cl)S(=O)(=O)c1ccc(C)cc1. The molecule has 0 aliphatic heterocycles. The number of carbonyl (C=O) groups excluding carboxylic acids is 2. The molecule has 1 N–H and O–H groups in total. The van der Waals surface area contributed by atoms with Crippen molar-refractivity contribution in [3.05, 3.63) is 92.9 Å². The van der Waals surface area contributed by atoms with Gasteiger partial charge in [-0.25, -0.2) is 8.42 Å². The Kier molecular flexibility index (Phi) is 11.3. The summed E-state index contributed by atoms with van der Waals surface area (Å²) in [5.41, 5.74) is 1.67. The van der Waals surface area contributed by atoms with Gasteiger partial charge < -0.3 is 10.2 Å². The molecule has 0 aromatic heterocycles. The molecule has 0 bridgehead atoms. The number of rotatable bonds is 12. The maximum absolute atomic E-state index is 14.0. The first-order valence-electron chi connectivity index (χ1n) is 12.8. The average molecular weight is 625 g/mol. The Morgan fingerprint density at radius 1 is 0.900 bits per heavy atom. The van der Waals surface area contributed by atoms with Crippen LogP contribution >= 0.6 is 34.8 Å². The molecule has 0 radical (unpaired) electrons. The average Bonchev–Trinajstić information content (AvgIpc) is 2.93. The Labute approximate surface area is 251 Å². The number of benzene rings is 3. The largest absolute Gasteiger partial charge is 0.354 e. The molecule has 0 fully saturated rings. The number of nitrogens with zero attached hydrogens (tertiary/aromatic N) is 2. The number of hydrogen-bond acceptors (Lipinski definition) is 4. The van der Waals surface area contributed by atoms with Crippen molar-refractivity contribution in [3.63, 3.8) is 0 Å². The number of carbonyl (C=O) groups is 2. The summed E-state index contributed by atoms with van der Waals surface area (Å²) >= 11 is 18.7. The molecule has 0 spiro atoms. The lowest BCUT2D eigenvalue weighted by Gasteiger charge is -2.33. The first-order valence-corrected chi connectivity index (χ1v) is 15.4. The van der Waals surface area contributed by atoms with Crippen LogP contribution in [-0.4, -0.2) is 44.3 Å². The zero-order valence-corrected chi connectivity index (χ0v) is 25.6. The van der Waals surface area contributed by atoms with Crippen LogP contribution in [0.2, 0.25) is 15.1 Å². The molecular weight excluding hydrogens is 593 g/mol. The minimum absolute atomic E-state index is 0.00865. The van der Waals surface area contributed by atoms with Gasteiger partial charge in [0.1, 0.15) is 12.6 Å². The van der Waals surface area contributed by atoms with Crippen molar-refractivity contribution in [2.45, 2.75) is 51.1 Å². The second-order valence-electron chi connectivity index (χ2n) is 9.26. The Morgan fingerprint density at radius 2 is 1.57 bits per heavy atom. The monoisotopic (exact) mass is 623 g/mol. The third kappa shape index (κ3) is 7.69. The number of halogens is 3. The standard InChI is InChI=1S/C29H32Cl3N3O4S/c1-4-16-33-29(37)26(5-2)34(18-21-12-15-23(30)25(32)17-21)28(36)19-35(27-9-7-6-8-24(27)31)40(38,39)22-13-10-20(3)11-14-22/h6-15,17,26H,4-5,16,18-19H2,1-3H3,(H,33,37)/t26-/m1/s1. The smallest absolute Gasteiger partial charge is 0.264 e. The molecule has 11 heteroatoms. The van der Waals surface area contributed by atoms with Crippen molar-refractivity contribution in [2.75, 3.05) is 17.4 Å². The summed E-state index contributed by atoms with van der Waals surface area (Å²) < 4.78 is 28.8. The first-order chi connectivity index (χ1) is 19.0. The van der Waals surface area contributed by atoms with Gasteiger partial charge in [0.25, 0.3) is 10.0 Å². The van der Waals surface area contributed by atoms with Crippen LogP contribution in [0.5, 0.6) is 0 Å². The third-order valence-corrected chi connectivity index (χ3v) is 9.11. The van der Waals surface area contributed by atoms with E-state index in [0.29, 0.717) is 28.6 Å². The van der Waals surface area contributed by atoms with E-state index >= 15 is 0 Å². The van der Waals surface area contributed by atoms with Crippen LogP contribution in [0.4, 0.5) is 5.69 Å². The molecule has 0 saturated heterocycles. The van der Waals surface area contributed by atoms with Crippen molar-refractivity contribution in [2.24, 2.45) is 0 Å². The van der Waals surface area contributed by atoms with Crippen LogP contribution in [0.3, 0.4) is 0 Å². The lowest BCUT2D eigenvalue weighted by molar-refractivity contribution is -0.140. The van der Waals surface area contributed by atoms with Crippen LogP contribution in [0.25, 0.3) is 0 Å². The number of aryl methyl sites for hydroxylation is 1. The van der Waals surface area contributed by atoms with E-state index < -0.39 is 28.5 Å². The van der Waals surface area contributed by atoms with Gasteiger partial charge in [-0.1, -0.05) is 84.5 Å². The van der Waals surface area contributed by atoms with E-state index in [1.807, 2.05) is 13.8 Å². The van der Waals surface area contributed by atoms with Crippen molar-refractivity contribution >= 4 is 62.3 Å². The van der Waals surface area contributed by atoms with E-state index in [0.717, 1.165) is 16.3 Å². The van der Waals surface area contributed by atoms with E-state index in [1.165, 1.54) is 23.1 Å². The zero-order valence-electron chi connectivity index (χ0n) is 22.5. The minimum atomic E-state index is -4.21. The van der Waals surface area contributed by atoms with Crippen LogP contribution in [-0.2, 0) is 26.2 Å². The Balaban J connectivity index is 2.07. The topological polar surface area (TPSA) is 86.8 Å². The van der Waals surface area contributed by atoms with Gasteiger partial charge in [0, 0.05) is 13.1 Å². The van der Waals surface area contributed by atoms with E-state index in [9.17, 15) is 18.0 Å². The molecule has 0 aliphatic rings. The zero-order chi connectivity index (χ0) is 29.4. The highest BCUT2D eigenvalue weighted by Gasteiger charge is 2.34. The first kappa shape index (κ1) is 31.7. The number of anilines is 1. The third-order valence-electron chi connectivity index (χ3n) is 6.28. The molecule has 0 aliphatic carbocycles. The molecule has 0 saturated carbocycles. The van der Waals surface area contributed by atoms with Gasteiger partial charge >= 0.3 is 0 Å². The highest BCUT2D eigenvalue weighted by atomic mass is 35.5. The molecular formula is C29H32Cl3N3O4S. The molecule has 2 amide bonds. The van der Waals surface area contributed by atoms with Crippen molar-refractivity contribution in [1.29, 1.82) is 0 Å². The van der Waals surface area contributed by atoms with E-state index in [2.05, 4.69) is 5.32 Å². The fraction of sp³-hybridized carbons (Fsp3) is 0.310. The predicted octanol–water partition coefficient (Wildman–Crippen LogP) is 6.48. The molecule has 40 heavy (non-hydrogen) atoms.